The van der Waals surface area contributed by atoms with Crippen molar-refractivity contribution in [3.63, 3.8) is 0 Å². The summed E-state index contributed by atoms with van der Waals surface area (Å²) in [4.78, 5) is 32.9. The number of guanidine groups is 1. The fourth-order valence-electron chi connectivity index (χ4n) is 4.18. The van der Waals surface area contributed by atoms with Gasteiger partial charge in [-0.15, -0.1) is 0 Å². The summed E-state index contributed by atoms with van der Waals surface area (Å²) in [5, 5.41) is 6.78. The first-order valence-corrected chi connectivity index (χ1v) is 11.1. The van der Waals surface area contributed by atoms with E-state index in [-0.39, 0.29) is 17.7 Å². The van der Waals surface area contributed by atoms with Gasteiger partial charge in [0.25, 0.3) is 0 Å². The number of piperidine rings is 1. The summed E-state index contributed by atoms with van der Waals surface area (Å²) in [6, 6.07) is 8.47. The van der Waals surface area contributed by atoms with E-state index >= 15 is 0 Å². The molecule has 164 valence electrons. The first-order valence-electron chi connectivity index (χ1n) is 11.1. The summed E-state index contributed by atoms with van der Waals surface area (Å²) in [5.74, 6) is 1.25. The first-order chi connectivity index (χ1) is 14.5. The fraction of sp³-hybridized carbons (Fsp3) is 0.609. The minimum Gasteiger partial charge on any atom is -0.356 e. The number of likely N-dealkylation sites (tertiary alicyclic amines) is 1. The fourth-order valence-corrected chi connectivity index (χ4v) is 4.18. The molecular weight excluding hydrogens is 378 g/mol. The molecule has 7 heteroatoms. The second kappa shape index (κ2) is 10.5. The molecule has 1 aromatic carbocycles. The Balaban J connectivity index is 1.35. The Bertz CT molecular complexity index is 769. The van der Waals surface area contributed by atoms with Crippen molar-refractivity contribution < 1.29 is 9.59 Å². The minimum absolute atomic E-state index is 0.0562. The van der Waals surface area contributed by atoms with E-state index in [1.54, 1.807) is 7.05 Å². The number of carbonyl (C=O) groups is 2. The molecule has 1 fully saturated rings. The molecule has 7 nitrogen and oxygen atoms in total. The number of para-hydroxylation sites is 1. The average Bonchev–Trinajstić information content (AvgIpc) is 3.20. The van der Waals surface area contributed by atoms with Crippen molar-refractivity contribution in [2.24, 2.45) is 10.9 Å². The van der Waals surface area contributed by atoms with Crippen LogP contribution in [0.3, 0.4) is 0 Å². The highest BCUT2D eigenvalue weighted by molar-refractivity contribution is 5.95. The molecule has 2 aliphatic rings. The first kappa shape index (κ1) is 22.1. The lowest BCUT2D eigenvalue weighted by atomic mass is 10.0. The predicted octanol–water partition coefficient (Wildman–Crippen LogP) is 2.17. The number of amides is 2. The van der Waals surface area contributed by atoms with E-state index in [1.165, 1.54) is 5.56 Å². The zero-order valence-electron chi connectivity index (χ0n) is 18.5. The van der Waals surface area contributed by atoms with Crippen LogP contribution in [0.4, 0.5) is 5.69 Å². The maximum Gasteiger partial charge on any atom is 0.227 e. The number of carbonyl (C=O) groups excluding carboxylic acids is 2. The van der Waals surface area contributed by atoms with Crippen molar-refractivity contribution >= 4 is 23.5 Å². The summed E-state index contributed by atoms with van der Waals surface area (Å²) in [7, 11) is 1.76. The van der Waals surface area contributed by atoms with Gasteiger partial charge in [-0.05, 0) is 37.3 Å². The average molecular weight is 414 g/mol. The zero-order chi connectivity index (χ0) is 21.5. The molecule has 2 amide bonds. The van der Waals surface area contributed by atoms with Gasteiger partial charge in [0.2, 0.25) is 11.8 Å². The number of rotatable bonds is 6. The molecule has 1 saturated heterocycles. The zero-order valence-corrected chi connectivity index (χ0v) is 18.5. The van der Waals surface area contributed by atoms with Crippen LogP contribution in [0.5, 0.6) is 0 Å². The van der Waals surface area contributed by atoms with Gasteiger partial charge in [-0.1, -0.05) is 32.0 Å². The number of fused-ring (bicyclic) bond motifs is 1. The number of aliphatic imine (C=N–C) groups is 1. The van der Waals surface area contributed by atoms with E-state index in [1.807, 2.05) is 41.8 Å². The molecule has 0 unspecified atom stereocenters. The molecule has 2 heterocycles. The summed E-state index contributed by atoms with van der Waals surface area (Å²) >= 11 is 0. The van der Waals surface area contributed by atoms with Gasteiger partial charge in [-0.3, -0.25) is 14.6 Å². The third kappa shape index (κ3) is 5.52. The molecule has 0 bridgehead atoms. The predicted molar refractivity (Wildman–Crippen MR) is 121 cm³/mol. The summed E-state index contributed by atoms with van der Waals surface area (Å²) in [6.45, 7) is 6.96. The van der Waals surface area contributed by atoms with Gasteiger partial charge < -0.3 is 20.4 Å². The Hall–Kier alpha value is -2.57. The normalized spacial score (nSPS) is 17.3. The molecule has 0 aromatic heterocycles. The van der Waals surface area contributed by atoms with E-state index < -0.39 is 0 Å². The van der Waals surface area contributed by atoms with E-state index in [0.29, 0.717) is 19.0 Å². The maximum atomic E-state index is 12.6. The number of hydrogen-bond donors (Lipinski definition) is 2. The van der Waals surface area contributed by atoms with Crippen LogP contribution in [-0.2, 0) is 16.0 Å². The van der Waals surface area contributed by atoms with Crippen molar-refractivity contribution in [3.8, 4) is 0 Å². The van der Waals surface area contributed by atoms with Crippen LogP contribution in [-0.4, -0.2) is 61.9 Å². The second-order valence-electron chi connectivity index (χ2n) is 8.43. The van der Waals surface area contributed by atoms with Gasteiger partial charge in [0.15, 0.2) is 5.96 Å². The van der Waals surface area contributed by atoms with Crippen molar-refractivity contribution in [2.75, 3.05) is 38.1 Å². The van der Waals surface area contributed by atoms with Gasteiger partial charge in [-0.2, -0.15) is 0 Å². The van der Waals surface area contributed by atoms with E-state index in [0.717, 1.165) is 57.0 Å². The lowest BCUT2D eigenvalue weighted by Gasteiger charge is -2.34. The van der Waals surface area contributed by atoms with E-state index in [9.17, 15) is 9.59 Å². The largest absolute Gasteiger partial charge is 0.356 e. The maximum absolute atomic E-state index is 12.6. The molecule has 2 N–H and O–H groups in total. The highest BCUT2D eigenvalue weighted by Gasteiger charge is 2.25. The molecule has 0 aliphatic carbocycles. The van der Waals surface area contributed by atoms with Crippen molar-refractivity contribution in [1.82, 2.24) is 15.5 Å². The third-order valence-corrected chi connectivity index (χ3v) is 5.91. The van der Waals surface area contributed by atoms with Crippen LogP contribution in [0, 0.1) is 5.92 Å². The molecule has 2 aliphatic heterocycles. The standard InChI is InChI=1S/C23H35N5O2/c1-17(2)22(30)27-14-11-19(12-15-27)26-23(24-3)25-13-6-9-21(29)28-16-10-18-7-4-5-8-20(18)28/h4-5,7-8,17,19H,6,9-16H2,1-3H3,(H2,24,25,26). The molecular formula is C23H35N5O2. The Morgan fingerprint density at radius 2 is 1.90 bits per heavy atom. The van der Waals surface area contributed by atoms with Crippen LogP contribution in [0.15, 0.2) is 29.3 Å². The van der Waals surface area contributed by atoms with Gasteiger partial charge in [-0.25, -0.2) is 0 Å². The van der Waals surface area contributed by atoms with E-state index in [2.05, 4.69) is 21.7 Å². The number of nitrogens with zero attached hydrogens (tertiary/aromatic N) is 3. The third-order valence-electron chi connectivity index (χ3n) is 5.91. The minimum atomic E-state index is 0.0562. The summed E-state index contributed by atoms with van der Waals surface area (Å²) in [6.07, 6.45) is 4.07. The second-order valence-corrected chi connectivity index (χ2v) is 8.43. The highest BCUT2D eigenvalue weighted by Crippen LogP contribution is 2.27. The Labute approximate surface area is 179 Å². The number of benzene rings is 1. The van der Waals surface area contributed by atoms with Crippen molar-refractivity contribution in [2.45, 2.75) is 52.0 Å². The Kier molecular flexibility index (Phi) is 7.71. The Morgan fingerprint density at radius 1 is 1.17 bits per heavy atom. The van der Waals surface area contributed by atoms with Crippen LogP contribution < -0.4 is 15.5 Å². The topological polar surface area (TPSA) is 77.0 Å². The molecule has 0 spiro atoms. The molecule has 0 atom stereocenters. The van der Waals surface area contributed by atoms with Crippen LogP contribution in [0.1, 0.15) is 45.1 Å². The molecule has 30 heavy (non-hydrogen) atoms. The molecule has 0 radical (unpaired) electrons. The molecule has 3 rings (SSSR count). The monoisotopic (exact) mass is 413 g/mol. The van der Waals surface area contributed by atoms with Gasteiger partial charge in [0.1, 0.15) is 0 Å². The van der Waals surface area contributed by atoms with Gasteiger partial charge in [0, 0.05) is 57.3 Å². The summed E-state index contributed by atoms with van der Waals surface area (Å²) in [5.41, 5.74) is 2.32. The van der Waals surface area contributed by atoms with Crippen LogP contribution in [0.2, 0.25) is 0 Å². The van der Waals surface area contributed by atoms with Crippen molar-refractivity contribution in [3.05, 3.63) is 29.8 Å². The highest BCUT2D eigenvalue weighted by atomic mass is 16.2. The Morgan fingerprint density at radius 3 is 2.60 bits per heavy atom. The van der Waals surface area contributed by atoms with Gasteiger partial charge >= 0.3 is 0 Å². The SMILES string of the molecule is CN=C(NCCCC(=O)N1CCc2ccccc21)NC1CCN(C(=O)C(C)C)CC1. The number of hydrogen-bond acceptors (Lipinski definition) is 3. The lowest BCUT2D eigenvalue weighted by Crippen LogP contribution is -2.50. The quantitative estimate of drug-likeness (QED) is 0.426. The lowest BCUT2D eigenvalue weighted by molar-refractivity contribution is -0.135. The van der Waals surface area contributed by atoms with Crippen LogP contribution in [0.25, 0.3) is 0 Å². The number of nitrogens with one attached hydrogen (secondary N) is 2. The summed E-state index contributed by atoms with van der Waals surface area (Å²) < 4.78 is 0. The van der Waals surface area contributed by atoms with Crippen LogP contribution >= 0.6 is 0 Å². The van der Waals surface area contributed by atoms with Gasteiger partial charge in [0.05, 0.1) is 0 Å². The number of anilines is 1. The van der Waals surface area contributed by atoms with Crippen molar-refractivity contribution in [1.29, 1.82) is 0 Å². The van der Waals surface area contributed by atoms with E-state index in [4.69, 9.17) is 0 Å². The smallest absolute Gasteiger partial charge is 0.227 e. The molecule has 1 aromatic rings. The molecule has 0 saturated carbocycles.